The number of hydrogen-bond donors (Lipinski definition) is 1. The second-order valence-electron chi connectivity index (χ2n) is 6.05. The van der Waals surface area contributed by atoms with Gasteiger partial charge >= 0.3 is 0 Å². The third kappa shape index (κ3) is 4.90. The number of carbonyl (C=O) groups excluding carboxylic acids is 1. The van der Waals surface area contributed by atoms with Crippen LogP contribution in [0.2, 0.25) is 0 Å². The summed E-state index contributed by atoms with van der Waals surface area (Å²) < 4.78 is 20.2. The van der Waals surface area contributed by atoms with Crippen LogP contribution in [0.15, 0.2) is 69.7 Å². The van der Waals surface area contributed by atoms with Crippen LogP contribution in [-0.4, -0.2) is 31.9 Å². The summed E-state index contributed by atoms with van der Waals surface area (Å²) >= 11 is 2.77. The molecule has 0 unspecified atom stereocenters. The lowest BCUT2D eigenvalue weighted by molar-refractivity contribution is -0.119. The van der Waals surface area contributed by atoms with Crippen LogP contribution in [0.25, 0.3) is 0 Å². The van der Waals surface area contributed by atoms with Gasteiger partial charge in [-0.3, -0.25) is 4.79 Å². The first kappa shape index (κ1) is 19.3. The van der Waals surface area contributed by atoms with Gasteiger partial charge in [-0.2, -0.15) is 0 Å². The molecule has 0 radical (unpaired) electrons. The first-order valence-electron chi connectivity index (χ1n) is 8.68. The Morgan fingerprint density at radius 2 is 2.10 bits per heavy atom. The summed E-state index contributed by atoms with van der Waals surface area (Å²) in [5, 5.41) is 17.1. The summed E-state index contributed by atoms with van der Waals surface area (Å²) in [5.74, 6) is 0.369. The highest BCUT2D eigenvalue weighted by molar-refractivity contribution is 7.99. The fourth-order valence-electron chi connectivity index (χ4n) is 2.71. The van der Waals surface area contributed by atoms with Crippen LogP contribution in [0.1, 0.15) is 22.2 Å². The summed E-state index contributed by atoms with van der Waals surface area (Å²) in [6.45, 7) is 0.386. The molecule has 148 valence electrons. The number of benzene rings is 1. The van der Waals surface area contributed by atoms with Gasteiger partial charge in [0.25, 0.3) is 0 Å². The normalized spacial score (nSPS) is 12.0. The van der Waals surface area contributed by atoms with Crippen molar-refractivity contribution in [3.8, 4) is 0 Å². The smallest absolute Gasteiger partial charge is 0.231 e. The van der Waals surface area contributed by atoms with E-state index in [0.717, 1.165) is 16.2 Å². The molecule has 0 spiro atoms. The van der Waals surface area contributed by atoms with Crippen LogP contribution in [0.4, 0.5) is 4.39 Å². The summed E-state index contributed by atoms with van der Waals surface area (Å²) in [6, 6.07) is 13.3. The third-order valence-electron chi connectivity index (χ3n) is 4.05. The molecular formula is C19H16FN5O2S2. The standard InChI is InChI=1S/C19H16FN5O2S2/c20-14-7-5-13(6-8-14)18(16-4-2-10-28-16)21-17(26)12-29-19-22-23-24-25(19)11-15-3-1-9-27-15/h1-10,18H,11-12H2,(H,21,26)/t18-/m0/s1. The molecule has 1 aromatic carbocycles. The molecule has 3 aromatic heterocycles. The van der Waals surface area contributed by atoms with Gasteiger partial charge in [-0.25, -0.2) is 9.07 Å². The van der Waals surface area contributed by atoms with Crippen LogP contribution in [0.3, 0.4) is 0 Å². The lowest BCUT2D eigenvalue weighted by atomic mass is 10.1. The van der Waals surface area contributed by atoms with Crippen LogP contribution < -0.4 is 5.32 Å². The molecule has 7 nitrogen and oxygen atoms in total. The largest absolute Gasteiger partial charge is 0.467 e. The number of nitrogens with one attached hydrogen (secondary N) is 1. The Hall–Kier alpha value is -2.98. The van der Waals surface area contributed by atoms with E-state index in [2.05, 4.69) is 20.8 Å². The van der Waals surface area contributed by atoms with Crippen LogP contribution >= 0.6 is 23.1 Å². The Labute approximate surface area is 173 Å². The van der Waals surface area contributed by atoms with Gasteiger partial charge in [-0.15, -0.1) is 16.4 Å². The maximum atomic E-state index is 13.3. The molecule has 0 fully saturated rings. The van der Waals surface area contributed by atoms with Gasteiger partial charge in [0.1, 0.15) is 18.1 Å². The molecule has 4 rings (SSSR count). The molecule has 10 heteroatoms. The highest BCUT2D eigenvalue weighted by Crippen LogP contribution is 2.26. The molecule has 29 heavy (non-hydrogen) atoms. The predicted molar refractivity (Wildman–Crippen MR) is 107 cm³/mol. The third-order valence-corrected chi connectivity index (χ3v) is 5.95. The van der Waals surface area contributed by atoms with Crippen molar-refractivity contribution in [2.45, 2.75) is 17.7 Å². The highest BCUT2D eigenvalue weighted by Gasteiger charge is 2.19. The fourth-order valence-corrected chi connectivity index (χ4v) is 4.20. The monoisotopic (exact) mass is 429 g/mol. The van der Waals surface area contributed by atoms with E-state index in [4.69, 9.17) is 4.42 Å². The zero-order valence-corrected chi connectivity index (χ0v) is 16.7. The van der Waals surface area contributed by atoms with Gasteiger partial charge in [-0.1, -0.05) is 30.0 Å². The van der Waals surface area contributed by atoms with E-state index >= 15 is 0 Å². The number of thioether (sulfide) groups is 1. The Bertz CT molecular complexity index is 1050. The van der Waals surface area contributed by atoms with E-state index in [1.807, 2.05) is 23.6 Å². The van der Waals surface area contributed by atoms with E-state index in [0.29, 0.717) is 11.7 Å². The second-order valence-corrected chi connectivity index (χ2v) is 7.98. The number of carbonyl (C=O) groups is 1. The molecule has 0 bridgehead atoms. The Morgan fingerprint density at radius 3 is 2.83 bits per heavy atom. The number of aromatic nitrogens is 4. The molecular weight excluding hydrogens is 413 g/mol. The molecule has 0 saturated heterocycles. The lowest BCUT2D eigenvalue weighted by Crippen LogP contribution is -2.30. The van der Waals surface area contributed by atoms with Gasteiger partial charge in [-0.05, 0) is 51.7 Å². The minimum atomic E-state index is -0.345. The van der Waals surface area contributed by atoms with Crippen LogP contribution in [0.5, 0.6) is 0 Å². The minimum Gasteiger partial charge on any atom is -0.467 e. The first-order valence-corrected chi connectivity index (χ1v) is 10.5. The van der Waals surface area contributed by atoms with Crippen molar-refractivity contribution < 1.29 is 13.6 Å². The molecule has 0 aliphatic heterocycles. The maximum Gasteiger partial charge on any atom is 0.231 e. The summed E-state index contributed by atoms with van der Waals surface area (Å²) in [5.41, 5.74) is 0.815. The second kappa shape index (κ2) is 9.01. The van der Waals surface area contributed by atoms with Crippen molar-refractivity contribution in [3.63, 3.8) is 0 Å². The molecule has 0 aliphatic rings. The van der Waals surface area contributed by atoms with Gasteiger partial charge in [0, 0.05) is 4.88 Å². The van der Waals surface area contributed by atoms with E-state index in [-0.39, 0.29) is 23.5 Å². The highest BCUT2D eigenvalue weighted by atomic mass is 32.2. The number of furan rings is 1. The van der Waals surface area contributed by atoms with E-state index < -0.39 is 0 Å². The Morgan fingerprint density at radius 1 is 1.24 bits per heavy atom. The Balaban J connectivity index is 1.41. The van der Waals surface area contributed by atoms with Crippen molar-refractivity contribution in [2.24, 2.45) is 0 Å². The number of tetrazole rings is 1. The molecule has 0 saturated carbocycles. The molecule has 4 aromatic rings. The number of hydrogen-bond acceptors (Lipinski definition) is 7. The van der Waals surface area contributed by atoms with Crippen LogP contribution in [0, 0.1) is 5.82 Å². The summed E-state index contributed by atoms with van der Waals surface area (Å²) in [6.07, 6.45) is 1.58. The zero-order valence-electron chi connectivity index (χ0n) is 15.1. The average Bonchev–Trinajstić information content (AvgIpc) is 3.49. The number of rotatable bonds is 8. The average molecular weight is 430 g/mol. The SMILES string of the molecule is O=C(CSc1nnnn1Cc1ccco1)N[C@@H](c1ccc(F)cc1)c1cccs1. The molecule has 3 heterocycles. The van der Waals surface area contributed by atoms with Crippen molar-refractivity contribution in [3.05, 3.63) is 82.2 Å². The zero-order chi connectivity index (χ0) is 20.1. The van der Waals surface area contributed by atoms with Gasteiger partial charge in [0.15, 0.2) is 0 Å². The fraction of sp³-hybridized carbons (Fsp3) is 0.158. The first-order chi connectivity index (χ1) is 14.2. The molecule has 1 atom stereocenters. The van der Waals surface area contributed by atoms with Gasteiger partial charge in [0.05, 0.1) is 18.1 Å². The topological polar surface area (TPSA) is 85.8 Å². The van der Waals surface area contributed by atoms with Crippen molar-refractivity contribution in [1.29, 1.82) is 0 Å². The van der Waals surface area contributed by atoms with Crippen molar-refractivity contribution in [1.82, 2.24) is 25.5 Å². The number of halogens is 1. The Kier molecular flexibility index (Phi) is 6.01. The quantitative estimate of drug-likeness (QED) is 0.432. The number of thiophene rings is 1. The molecule has 0 aliphatic carbocycles. The van der Waals surface area contributed by atoms with E-state index in [9.17, 15) is 9.18 Å². The maximum absolute atomic E-state index is 13.3. The van der Waals surface area contributed by atoms with E-state index in [1.165, 1.54) is 35.2 Å². The predicted octanol–water partition coefficient (Wildman–Crippen LogP) is 3.51. The summed E-state index contributed by atoms with van der Waals surface area (Å²) in [7, 11) is 0. The molecule has 1 amide bonds. The van der Waals surface area contributed by atoms with Crippen molar-refractivity contribution in [2.75, 3.05) is 5.75 Å². The minimum absolute atomic E-state index is 0.140. The van der Waals surface area contributed by atoms with Gasteiger partial charge < -0.3 is 9.73 Å². The van der Waals surface area contributed by atoms with E-state index in [1.54, 1.807) is 29.1 Å². The van der Waals surface area contributed by atoms with Crippen molar-refractivity contribution >= 4 is 29.0 Å². The summed E-state index contributed by atoms with van der Waals surface area (Å²) in [4.78, 5) is 13.6. The van der Waals surface area contributed by atoms with Gasteiger partial charge in [0.2, 0.25) is 11.1 Å². The number of nitrogens with zero attached hydrogens (tertiary/aromatic N) is 4. The number of amides is 1. The van der Waals surface area contributed by atoms with Crippen LogP contribution in [-0.2, 0) is 11.3 Å². The molecule has 1 N–H and O–H groups in total. The lowest BCUT2D eigenvalue weighted by Gasteiger charge is -2.18.